The molecule has 0 radical (unpaired) electrons. The number of likely N-dealkylation sites (tertiary alicyclic amines) is 1. The van der Waals surface area contributed by atoms with Crippen LogP contribution in [0.15, 0.2) is 30.5 Å². The second-order valence-electron chi connectivity index (χ2n) is 9.02. The van der Waals surface area contributed by atoms with E-state index < -0.39 is 0 Å². The number of para-hydroxylation sites is 1. The minimum Gasteiger partial charge on any atom is -0.370 e. The number of hydrogen-bond donors (Lipinski definition) is 1. The van der Waals surface area contributed by atoms with E-state index in [1.807, 2.05) is 17.0 Å². The first-order valence-corrected chi connectivity index (χ1v) is 9.99. The summed E-state index contributed by atoms with van der Waals surface area (Å²) in [6, 6.07) is 8.26. The molecule has 1 atom stereocenters. The number of rotatable bonds is 7. The van der Waals surface area contributed by atoms with Crippen LogP contribution in [0.5, 0.6) is 0 Å². The van der Waals surface area contributed by atoms with Crippen molar-refractivity contribution in [2.45, 2.75) is 52.2 Å². The summed E-state index contributed by atoms with van der Waals surface area (Å²) in [5, 5.41) is 1.21. The van der Waals surface area contributed by atoms with Crippen molar-refractivity contribution >= 4 is 22.7 Å². The second-order valence-corrected chi connectivity index (χ2v) is 9.02. The lowest BCUT2D eigenvalue weighted by Gasteiger charge is -2.32. The SMILES string of the molecule is CN(Cc1cn(CCC(N)=O)c2ccccc12)C[C@H]1CC(=O)N(C(C)(C)C)C1. The van der Waals surface area contributed by atoms with Crippen molar-refractivity contribution in [3.05, 3.63) is 36.0 Å². The summed E-state index contributed by atoms with van der Waals surface area (Å²) in [4.78, 5) is 27.8. The Hall–Kier alpha value is -2.34. The van der Waals surface area contributed by atoms with Gasteiger partial charge in [-0.1, -0.05) is 18.2 Å². The summed E-state index contributed by atoms with van der Waals surface area (Å²) >= 11 is 0. The van der Waals surface area contributed by atoms with Gasteiger partial charge in [0.1, 0.15) is 0 Å². The first kappa shape index (κ1) is 20.4. The van der Waals surface area contributed by atoms with E-state index in [1.54, 1.807) is 0 Å². The normalized spacial score (nSPS) is 17.8. The Balaban J connectivity index is 1.69. The number of aromatic nitrogens is 1. The molecule has 2 amide bonds. The standard InChI is InChI=1S/C22H32N4O2/c1-22(2,3)26-13-16(11-21(26)28)12-24(4)14-17-15-25(10-9-20(23)27)19-8-6-5-7-18(17)19/h5-8,15-16H,9-14H2,1-4H3,(H2,23,27)/t16-/m1/s1. The third-order valence-electron chi connectivity index (χ3n) is 5.50. The Morgan fingerprint density at radius 2 is 2.00 bits per heavy atom. The smallest absolute Gasteiger partial charge is 0.223 e. The lowest BCUT2D eigenvalue weighted by molar-refractivity contribution is -0.131. The molecule has 0 bridgehead atoms. The number of hydrogen-bond acceptors (Lipinski definition) is 3. The van der Waals surface area contributed by atoms with Gasteiger partial charge in [0.25, 0.3) is 0 Å². The average Bonchev–Trinajstić information content (AvgIpc) is 3.13. The van der Waals surface area contributed by atoms with Gasteiger partial charge in [0.2, 0.25) is 11.8 Å². The number of carbonyl (C=O) groups excluding carboxylic acids is 2. The average molecular weight is 385 g/mol. The van der Waals surface area contributed by atoms with Crippen LogP contribution in [0.1, 0.15) is 39.2 Å². The molecule has 0 aliphatic carbocycles. The highest BCUT2D eigenvalue weighted by Gasteiger charge is 2.36. The lowest BCUT2D eigenvalue weighted by Crippen LogP contribution is -2.42. The van der Waals surface area contributed by atoms with E-state index in [1.165, 1.54) is 10.9 Å². The summed E-state index contributed by atoms with van der Waals surface area (Å²) in [5.74, 6) is 0.333. The van der Waals surface area contributed by atoms with Gasteiger partial charge in [-0.25, -0.2) is 0 Å². The summed E-state index contributed by atoms with van der Waals surface area (Å²) in [6.07, 6.45) is 3.09. The zero-order valence-corrected chi connectivity index (χ0v) is 17.4. The third-order valence-corrected chi connectivity index (χ3v) is 5.50. The van der Waals surface area contributed by atoms with Gasteiger partial charge < -0.3 is 20.1 Å². The molecule has 1 fully saturated rings. The molecule has 6 nitrogen and oxygen atoms in total. The van der Waals surface area contributed by atoms with E-state index in [0.717, 1.165) is 25.2 Å². The third kappa shape index (κ3) is 4.55. The second kappa shape index (κ2) is 7.95. The number of fused-ring (bicyclic) bond motifs is 1. The Bertz CT molecular complexity index is 865. The van der Waals surface area contributed by atoms with Crippen LogP contribution < -0.4 is 5.73 Å². The number of nitrogens with two attached hydrogens (primary N) is 1. The van der Waals surface area contributed by atoms with Crippen LogP contribution in [0.2, 0.25) is 0 Å². The van der Waals surface area contributed by atoms with Crippen molar-refractivity contribution in [2.75, 3.05) is 20.1 Å². The number of amides is 2. The summed E-state index contributed by atoms with van der Waals surface area (Å²) in [6.45, 7) is 9.40. The fourth-order valence-electron chi connectivity index (χ4n) is 4.21. The van der Waals surface area contributed by atoms with E-state index in [0.29, 0.717) is 25.3 Å². The van der Waals surface area contributed by atoms with Crippen LogP contribution in [-0.4, -0.2) is 51.9 Å². The lowest BCUT2D eigenvalue weighted by atomic mass is 10.1. The van der Waals surface area contributed by atoms with Crippen molar-refractivity contribution in [2.24, 2.45) is 11.7 Å². The quantitative estimate of drug-likeness (QED) is 0.798. The van der Waals surface area contributed by atoms with Gasteiger partial charge in [-0.3, -0.25) is 9.59 Å². The number of nitrogens with zero attached hydrogens (tertiary/aromatic N) is 3. The Labute approximate surface area is 167 Å². The Kier molecular flexibility index (Phi) is 5.79. The van der Waals surface area contributed by atoms with Gasteiger partial charge in [0.05, 0.1) is 0 Å². The van der Waals surface area contributed by atoms with Crippen molar-refractivity contribution in [1.82, 2.24) is 14.4 Å². The zero-order chi connectivity index (χ0) is 20.5. The van der Waals surface area contributed by atoms with Crippen molar-refractivity contribution in [1.29, 1.82) is 0 Å². The molecule has 3 rings (SSSR count). The van der Waals surface area contributed by atoms with Crippen LogP contribution in [0, 0.1) is 5.92 Å². The maximum Gasteiger partial charge on any atom is 0.223 e. The number of benzene rings is 1. The minimum atomic E-state index is -0.286. The van der Waals surface area contributed by atoms with Crippen LogP contribution in [0.3, 0.4) is 0 Å². The van der Waals surface area contributed by atoms with Crippen molar-refractivity contribution in [3.8, 4) is 0 Å². The monoisotopic (exact) mass is 384 g/mol. The largest absolute Gasteiger partial charge is 0.370 e. The number of carbonyl (C=O) groups is 2. The molecule has 152 valence electrons. The van der Waals surface area contributed by atoms with Gasteiger partial charge in [0.15, 0.2) is 0 Å². The molecule has 1 aromatic carbocycles. The molecular weight excluding hydrogens is 352 g/mol. The molecule has 0 spiro atoms. The van der Waals surface area contributed by atoms with Gasteiger partial charge in [-0.05, 0) is 45.4 Å². The predicted molar refractivity (Wildman–Crippen MR) is 112 cm³/mol. The fraction of sp³-hybridized carbons (Fsp3) is 0.545. The predicted octanol–water partition coefficient (Wildman–Crippen LogP) is 2.60. The zero-order valence-electron chi connectivity index (χ0n) is 17.4. The van der Waals surface area contributed by atoms with Crippen LogP contribution in [0.25, 0.3) is 10.9 Å². The molecular formula is C22H32N4O2. The highest BCUT2D eigenvalue weighted by molar-refractivity contribution is 5.84. The van der Waals surface area contributed by atoms with Crippen molar-refractivity contribution < 1.29 is 9.59 Å². The molecule has 1 aromatic heterocycles. The van der Waals surface area contributed by atoms with Gasteiger partial charge in [-0.15, -0.1) is 0 Å². The highest BCUT2D eigenvalue weighted by Crippen LogP contribution is 2.27. The highest BCUT2D eigenvalue weighted by atomic mass is 16.2. The van der Waals surface area contributed by atoms with E-state index in [9.17, 15) is 9.59 Å². The Morgan fingerprint density at radius 3 is 2.64 bits per heavy atom. The molecule has 0 unspecified atom stereocenters. The van der Waals surface area contributed by atoms with Gasteiger partial charge >= 0.3 is 0 Å². The van der Waals surface area contributed by atoms with E-state index in [-0.39, 0.29) is 17.4 Å². The van der Waals surface area contributed by atoms with Crippen LogP contribution in [-0.2, 0) is 22.7 Å². The van der Waals surface area contributed by atoms with E-state index in [2.05, 4.69) is 55.6 Å². The van der Waals surface area contributed by atoms with E-state index >= 15 is 0 Å². The first-order valence-electron chi connectivity index (χ1n) is 9.99. The molecule has 28 heavy (non-hydrogen) atoms. The Morgan fingerprint density at radius 1 is 1.29 bits per heavy atom. The molecule has 0 saturated carbocycles. The molecule has 2 aromatic rings. The van der Waals surface area contributed by atoms with Gasteiger partial charge in [0, 0.05) is 61.7 Å². The molecule has 1 saturated heterocycles. The van der Waals surface area contributed by atoms with Gasteiger partial charge in [-0.2, -0.15) is 0 Å². The maximum atomic E-state index is 12.3. The van der Waals surface area contributed by atoms with Crippen LogP contribution in [0.4, 0.5) is 0 Å². The molecule has 1 aliphatic heterocycles. The molecule has 6 heteroatoms. The number of primary amides is 1. The molecule has 2 heterocycles. The number of aryl methyl sites for hydroxylation is 1. The topological polar surface area (TPSA) is 71.6 Å². The van der Waals surface area contributed by atoms with E-state index in [4.69, 9.17) is 5.73 Å². The van der Waals surface area contributed by atoms with Crippen molar-refractivity contribution in [3.63, 3.8) is 0 Å². The van der Waals surface area contributed by atoms with Crippen LogP contribution >= 0.6 is 0 Å². The molecule has 2 N–H and O–H groups in total. The summed E-state index contributed by atoms with van der Waals surface area (Å²) in [7, 11) is 2.11. The molecule has 1 aliphatic rings. The maximum absolute atomic E-state index is 12.3. The minimum absolute atomic E-state index is 0.113. The summed E-state index contributed by atoms with van der Waals surface area (Å²) in [5.41, 5.74) is 7.57. The first-order chi connectivity index (χ1) is 13.1. The summed E-state index contributed by atoms with van der Waals surface area (Å²) < 4.78 is 2.11. The fourth-order valence-corrected chi connectivity index (χ4v) is 4.21.